The van der Waals surface area contributed by atoms with E-state index in [0.29, 0.717) is 23.3 Å². The van der Waals surface area contributed by atoms with Crippen molar-refractivity contribution in [3.05, 3.63) is 62.1 Å². The maximum absolute atomic E-state index is 10.6. The molecule has 2 aromatic rings. The van der Waals surface area contributed by atoms with Crippen LogP contribution in [0.15, 0.2) is 36.4 Å². The lowest BCUT2D eigenvalue weighted by Crippen LogP contribution is -1.91. The van der Waals surface area contributed by atoms with Crippen molar-refractivity contribution in [3.63, 3.8) is 0 Å². The van der Waals surface area contributed by atoms with Gasteiger partial charge in [-0.1, -0.05) is 23.2 Å². The number of nitrogens with zero attached hydrogens (tertiary/aromatic N) is 1. The van der Waals surface area contributed by atoms with Gasteiger partial charge in [0, 0.05) is 17.7 Å². The first-order valence-corrected chi connectivity index (χ1v) is 6.13. The molecule has 7 heteroatoms. The second-order valence-corrected chi connectivity index (χ2v) is 4.59. The van der Waals surface area contributed by atoms with Gasteiger partial charge >= 0.3 is 0 Å². The summed E-state index contributed by atoms with van der Waals surface area (Å²) in [6.07, 6.45) is 0.665. The first-order chi connectivity index (χ1) is 9.51. The van der Waals surface area contributed by atoms with E-state index in [4.69, 9.17) is 27.9 Å². The van der Waals surface area contributed by atoms with Gasteiger partial charge < -0.3 is 4.74 Å². The van der Waals surface area contributed by atoms with Gasteiger partial charge in [-0.05, 0) is 24.3 Å². The number of nitro benzene ring substituents is 1. The van der Waals surface area contributed by atoms with Crippen molar-refractivity contribution < 1.29 is 14.5 Å². The molecule has 0 heterocycles. The average molecular weight is 312 g/mol. The summed E-state index contributed by atoms with van der Waals surface area (Å²) in [6, 6.07) is 8.50. The van der Waals surface area contributed by atoms with Gasteiger partial charge in [0.05, 0.1) is 9.95 Å². The van der Waals surface area contributed by atoms with Crippen molar-refractivity contribution in [1.29, 1.82) is 0 Å². The van der Waals surface area contributed by atoms with Crippen LogP contribution in [0.25, 0.3) is 0 Å². The molecular formula is C13H7Cl2NO4. The molecule has 20 heavy (non-hydrogen) atoms. The largest absolute Gasteiger partial charge is 0.456 e. The smallest absolute Gasteiger partial charge is 0.288 e. The normalized spacial score (nSPS) is 10.1. The van der Waals surface area contributed by atoms with E-state index in [0.717, 1.165) is 0 Å². The maximum Gasteiger partial charge on any atom is 0.288 e. The molecule has 0 atom stereocenters. The van der Waals surface area contributed by atoms with E-state index >= 15 is 0 Å². The fourth-order valence-electron chi connectivity index (χ4n) is 1.50. The number of carbonyl (C=O) groups excluding carboxylic acids is 1. The van der Waals surface area contributed by atoms with E-state index in [1.54, 1.807) is 6.07 Å². The highest BCUT2D eigenvalue weighted by atomic mass is 35.5. The Morgan fingerprint density at radius 2 is 1.85 bits per heavy atom. The van der Waals surface area contributed by atoms with E-state index < -0.39 is 4.92 Å². The summed E-state index contributed by atoms with van der Waals surface area (Å²) in [5.41, 5.74) is 0.213. The summed E-state index contributed by atoms with van der Waals surface area (Å²) in [5.74, 6) is 0.628. The second kappa shape index (κ2) is 5.90. The van der Waals surface area contributed by atoms with Crippen molar-refractivity contribution in [2.75, 3.05) is 0 Å². The number of rotatable bonds is 4. The third kappa shape index (κ3) is 3.07. The van der Waals surface area contributed by atoms with Crippen LogP contribution in [0.2, 0.25) is 10.0 Å². The van der Waals surface area contributed by atoms with Crippen LogP contribution in [-0.2, 0) is 0 Å². The lowest BCUT2D eigenvalue weighted by atomic mass is 10.2. The SMILES string of the molecule is O=Cc1ccc(Oc2ccc([N+](=O)[O-])c(Cl)c2)c(Cl)c1. The minimum atomic E-state index is -0.585. The first kappa shape index (κ1) is 14.3. The fraction of sp³-hybridized carbons (Fsp3) is 0. The van der Waals surface area contributed by atoms with Crippen molar-refractivity contribution >= 4 is 35.2 Å². The van der Waals surface area contributed by atoms with Crippen LogP contribution in [0.1, 0.15) is 10.4 Å². The first-order valence-electron chi connectivity index (χ1n) is 5.38. The fourth-order valence-corrected chi connectivity index (χ4v) is 1.97. The molecule has 0 aliphatic carbocycles. The Balaban J connectivity index is 2.28. The van der Waals surface area contributed by atoms with Gasteiger partial charge in [-0.3, -0.25) is 14.9 Å². The van der Waals surface area contributed by atoms with Crippen LogP contribution in [0.5, 0.6) is 11.5 Å². The Morgan fingerprint density at radius 1 is 1.10 bits per heavy atom. The number of nitro groups is 1. The molecule has 0 saturated carbocycles. The molecule has 0 N–H and O–H groups in total. The van der Waals surface area contributed by atoms with E-state index in [-0.39, 0.29) is 15.7 Å². The molecule has 0 fully saturated rings. The number of benzene rings is 2. The monoisotopic (exact) mass is 311 g/mol. The lowest BCUT2D eigenvalue weighted by molar-refractivity contribution is -0.384. The van der Waals surface area contributed by atoms with E-state index in [1.807, 2.05) is 0 Å². The average Bonchev–Trinajstić information content (AvgIpc) is 2.40. The van der Waals surface area contributed by atoms with Gasteiger partial charge in [0.15, 0.2) is 0 Å². The Labute approximate surface area is 123 Å². The topological polar surface area (TPSA) is 69.4 Å². The van der Waals surface area contributed by atoms with Crippen LogP contribution in [-0.4, -0.2) is 11.2 Å². The van der Waals surface area contributed by atoms with Crippen molar-refractivity contribution in [1.82, 2.24) is 0 Å². The molecule has 2 rings (SSSR count). The number of ether oxygens (including phenoxy) is 1. The van der Waals surface area contributed by atoms with Gasteiger partial charge in [0.2, 0.25) is 0 Å². The zero-order valence-electron chi connectivity index (χ0n) is 9.88. The zero-order chi connectivity index (χ0) is 14.7. The number of halogens is 2. The summed E-state index contributed by atoms with van der Waals surface area (Å²) in [7, 11) is 0. The van der Waals surface area contributed by atoms with E-state index in [2.05, 4.69) is 0 Å². The number of hydrogen-bond donors (Lipinski definition) is 0. The van der Waals surface area contributed by atoms with Gasteiger partial charge in [0.1, 0.15) is 22.8 Å². The predicted molar refractivity (Wildman–Crippen MR) is 75.0 cm³/mol. The Kier molecular flexibility index (Phi) is 4.22. The molecular weight excluding hydrogens is 305 g/mol. The highest BCUT2D eigenvalue weighted by Gasteiger charge is 2.13. The standard InChI is InChI=1S/C13H7Cl2NO4/c14-10-6-9(2-3-12(10)16(18)19)20-13-4-1-8(7-17)5-11(13)15/h1-7H. The summed E-state index contributed by atoms with van der Waals surface area (Å²) in [5, 5.41) is 10.9. The second-order valence-electron chi connectivity index (χ2n) is 3.78. The van der Waals surface area contributed by atoms with Gasteiger partial charge in [0.25, 0.3) is 5.69 Å². The molecule has 102 valence electrons. The molecule has 0 amide bonds. The number of carbonyl (C=O) groups is 1. The van der Waals surface area contributed by atoms with Crippen molar-refractivity contribution in [2.24, 2.45) is 0 Å². The molecule has 0 spiro atoms. The van der Waals surface area contributed by atoms with E-state index in [9.17, 15) is 14.9 Å². The Morgan fingerprint density at radius 3 is 2.40 bits per heavy atom. The number of aldehydes is 1. The summed E-state index contributed by atoms with van der Waals surface area (Å²) < 4.78 is 5.47. The molecule has 0 aliphatic rings. The molecule has 0 aromatic heterocycles. The van der Waals surface area contributed by atoms with Crippen LogP contribution in [0, 0.1) is 10.1 Å². The van der Waals surface area contributed by atoms with Gasteiger partial charge in [-0.15, -0.1) is 0 Å². The van der Waals surface area contributed by atoms with Crippen LogP contribution in [0.4, 0.5) is 5.69 Å². The molecule has 0 radical (unpaired) electrons. The minimum Gasteiger partial charge on any atom is -0.456 e. The zero-order valence-corrected chi connectivity index (χ0v) is 11.4. The van der Waals surface area contributed by atoms with Crippen LogP contribution < -0.4 is 4.74 Å². The van der Waals surface area contributed by atoms with Crippen LogP contribution in [0.3, 0.4) is 0 Å². The quantitative estimate of drug-likeness (QED) is 0.473. The minimum absolute atomic E-state index is 0.0341. The molecule has 5 nitrogen and oxygen atoms in total. The van der Waals surface area contributed by atoms with E-state index in [1.165, 1.54) is 30.3 Å². The molecule has 0 bridgehead atoms. The molecule has 0 unspecified atom stereocenters. The van der Waals surface area contributed by atoms with Crippen LogP contribution >= 0.6 is 23.2 Å². The van der Waals surface area contributed by atoms with Gasteiger partial charge in [-0.2, -0.15) is 0 Å². The van der Waals surface area contributed by atoms with Crippen molar-refractivity contribution in [2.45, 2.75) is 0 Å². The molecule has 0 aliphatic heterocycles. The van der Waals surface area contributed by atoms with Gasteiger partial charge in [-0.25, -0.2) is 0 Å². The molecule has 2 aromatic carbocycles. The Hall–Kier alpha value is -2.11. The summed E-state index contributed by atoms with van der Waals surface area (Å²) in [6.45, 7) is 0. The highest BCUT2D eigenvalue weighted by Crippen LogP contribution is 2.33. The third-order valence-electron chi connectivity index (χ3n) is 2.44. The third-order valence-corrected chi connectivity index (χ3v) is 3.03. The lowest BCUT2D eigenvalue weighted by Gasteiger charge is -2.08. The number of hydrogen-bond acceptors (Lipinski definition) is 4. The predicted octanol–water partition coefficient (Wildman–Crippen LogP) is 4.51. The summed E-state index contributed by atoms with van der Waals surface area (Å²) in [4.78, 5) is 20.7. The van der Waals surface area contributed by atoms with Crippen molar-refractivity contribution in [3.8, 4) is 11.5 Å². The molecule has 0 saturated heterocycles. The Bertz CT molecular complexity index is 688. The summed E-state index contributed by atoms with van der Waals surface area (Å²) >= 11 is 11.7. The maximum atomic E-state index is 10.6. The highest BCUT2D eigenvalue weighted by molar-refractivity contribution is 6.33.